The minimum atomic E-state index is -0.472. The molecule has 0 fully saturated rings. The van der Waals surface area contributed by atoms with Gasteiger partial charge in [0.05, 0.1) is 10.7 Å². The third-order valence-electron chi connectivity index (χ3n) is 0.955. The van der Waals surface area contributed by atoms with Gasteiger partial charge in [0.25, 0.3) is 5.91 Å². The number of carbonyl (C=O) groups excluding carboxylic acids is 1. The van der Waals surface area contributed by atoms with Crippen molar-refractivity contribution in [3.05, 3.63) is 24.3 Å². The Morgan fingerprint density at radius 2 is 2.18 bits per heavy atom. The Labute approximate surface area is 68.0 Å². The lowest BCUT2D eigenvalue weighted by molar-refractivity contribution is 0.100. The number of rotatable bonds is 1. The van der Waals surface area contributed by atoms with Gasteiger partial charge < -0.3 is 0 Å². The van der Waals surface area contributed by atoms with Crippen LogP contribution in [0.25, 0.3) is 0 Å². The van der Waals surface area contributed by atoms with Gasteiger partial charge >= 0.3 is 0 Å². The minimum absolute atomic E-state index is 0.310. The summed E-state index contributed by atoms with van der Waals surface area (Å²) < 4.78 is 0. The van der Waals surface area contributed by atoms with Gasteiger partial charge in [-0.15, -0.1) is 0 Å². The largest absolute Gasteiger partial charge is 0.288 e. The lowest BCUT2D eigenvalue weighted by Crippen LogP contribution is -1.95. The van der Waals surface area contributed by atoms with Crippen molar-refractivity contribution < 1.29 is 4.79 Å². The van der Waals surface area contributed by atoms with E-state index in [-0.39, 0.29) is 0 Å². The number of carbonyl (C=O) groups is 1. The van der Waals surface area contributed by atoms with Crippen molar-refractivity contribution in [3.63, 3.8) is 0 Å². The Hall–Kier alpha value is -1.45. The van der Waals surface area contributed by atoms with Crippen molar-refractivity contribution in [1.29, 1.82) is 0 Å². The van der Waals surface area contributed by atoms with E-state index in [1.54, 1.807) is 0 Å². The molecule has 4 nitrogen and oxygen atoms in total. The lowest BCUT2D eigenvalue weighted by Gasteiger charge is -1.87. The van der Waals surface area contributed by atoms with Crippen molar-refractivity contribution in [2.75, 3.05) is 0 Å². The van der Waals surface area contributed by atoms with E-state index < -0.39 is 5.91 Å². The van der Waals surface area contributed by atoms with Crippen LogP contribution in [0.3, 0.4) is 0 Å². The van der Waals surface area contributed by atoms with E-state index >= 15 is 0 Å². The number of hydrogen-bond acceptors (Lipinski definition) is 4. The van der Waals surface area contributed by atoms with Crippen LogP contribution in [0.5, 0.6) is 0 Å². The molecule has 0 aromatic carbocycles. The van der Waals surface area contributed by atoms with Crippen molar-refractivity contribution in [1.82, 2.24) is 9.97 Å². The highest BCUT2D eigenvalue weighted by Gasteiger charge is 2.01. The Kier molecular flexibility index (Phi) is 2.54. The molecule has 0 aliphatic heterocycles. The standard InChI is InChI=1S/C6H3N3OS/c10-6(9-4-11)5-1-7-3-8-2-5/h1-3H. The van der Waals surface area contributed by atoms with Crippen LogP contribution >= 0.6 is 12.2 Å². The van der Waals surface area contributed by atoms with Crippen molar-refractivity contribution in [2.24, 2.45) is 4.99 Å². The van der Waals surface area contributed by atoms with E-state index in [1.807, 2.05) is 5.16 Å². The summed E-state index contributed by atoms with van der Waals surface area (Å²) in [6.07, 6.45) is 4.06. The van der Waals surface area contributed by atoms with Crippen LogP contribution in [0.4, 0.5) is 0 Å². The SMILES string of the molecule is O=C(N=C=S)c1cncnc1. The Bertz CT molecular complexity index is 305. The molecule has 0 unspecified atom stereocenters. The van der Waals surface area contributed by atoms with Crippen molar-refractivity contribution >= 4 is 23.3 Å². The molecule has 5 heteroatoms. The van der Waals surface area contributed by atoms with Gasteiger partial charge in [0.2, 0.25) is 0 Å². The smallest absolute Gasteiger partial charge is 0.266 e. The van der Waals surface area contributed by atoms with Crippen LogP contribution in [-0.4, -0.2) is 21.0 Å². The van der Waals surface area contributed by atoms with Gasteiger partial charge in [-0.05, 0) is 12.2 Å². The van der Waals surface area contributed by atoms with E-state index in [0.717, 1.165) is 0 Å². The van der Waals surface area contributed by atoms with Gasteiger partial charge in [0.1, 0.15) is 6.33 Å². The summed E-state index contributed by atoms with van der Waals surface area (Å²) in [6.45, 7) is 0. The van der Waals surface area contributed by atoms with E-state index in [2.05, 4.69) is 27.2 Å². The maximum Gasteiger partial charge on any atom is 0.288 e. The molecule has 0 radical (unpaired) electrons. The highest BCUT2D eigenvalue weighted by atomic mass is 32.1. The maximum atomic E-state index is 10.9. The fourth-order valence-electron chi connectivity index (χ4n) is 0.516. The number of isothiocyanates is 1. The van der Waals surface area contributed by atoms with Crippen LogP contribution in [0, 0.1) is 0 Å². The van der Waals surface area contributed by atoms with Crippen LogP contribution in [0.2, 0.25) is 0 Å². The summed E-state index contributed by atoms with van der Waals surface area (Å²) in [5, 5.41) is 1.97. The molecular weight excluding hydrogens is 162 g/mol. The summed E-state index contributed by atoms with van der Waals surface area (Å²) in [7, 11) is 0. The molecule has 1 rings (SSSR count). The zero-order valence-corrected chi connectivity index (χ0v) is 6.21. The van der Waals surface area contributed by atoms with Crippen LogP contribution in [0.15, 0.2) is 23.7 Å². The fourth-order valence-corrected chi connectivity index (χ4v) is 0.598. The van der Waals surface area contributed by atoms with Crippen LogP contribution in [-0.2, 0) is 0 Å². The maximum absolute atomic E-state index is 10.9. The molecule has 1 aromatic heterocycles. The first kappa shape index (κ1) is 7.65. The van der Waals surface area contributed by atoms with Gasteiger partial charge in [-0.3, -0.25) is 4.79 Å². The monoisotopic (exact) mass is 165 g/mol. The summed E-state index contributed by atoms with van der Waals surface area (Å²) >= 11 is 4.25. The zero-order valence-electron chi connectivity index (χ0n) is 5.39. The molecule has 11 heavy (non-hydrogen) atoms. The number of aliphatic imine (C=N–C) groups is 1. The molecule has 0 bridgehead atoms. The molecule has 0 aliphatic carbocycles. The second-order valence-electron chi connectivity index (χ2n) is 1.64. The van der Waals surface area contributed by atoms with Crippen LogP contribution in [0.1, 0.15) is 10.4 Å². The average Bonchev–Trinajstić information content (AvgIpc) is 2.07. The predicted octanol–water partition coefficient (Wildman–Crippen LogP) is 0.720. The van der Waals surface area contributed by atoms with Gasteiger partial charge in [-0.2, -0.15) is 4.99 Å². The first-order valence-corrected chi connectivity index (χ1v) is 3.12. The van der Waals surface area contributed by atoms with Crippen molar-refractivity contribution in [3.8, 4) is 0 Å². The topological polar surface area (TPSA) is 55.2 Å². The Morgan fingerprint density at radius 1 is 1.55 bits per heavy atom. The fraction of sp³-hybridized carbons (Fsp3) is 0. The molecule has 0 atom stereocenters. The summed E-state index contributed by atoms with van der Waals surface area (Å²) in [4.78, 5) is 21.4. The molecule has 0 spiro atoms. The summed E-state index contributed by atoms with van der Waals surface area (Å²) in [6, 6.07) is 0. The lowest BCUT2D eigenvalue weighted by atomic mass is 10.3. The van der Waals surface area contributed by atoms with Crippen LogP contribution < -0.4 is 0 Å². The third-order valence-corrected chi connectivity index (χ3v) is 1.05. The second-order valence-corrected chi connectivity index (χ2v) is 1.82. The molecule has 1 heterocycles. The minimum Gasteiger partial charge on any atom is -0.266 e. The highest BCUT2D eigenvalue weighted by Crippen LogP contribution is 1.94. The molecular formula is C6H3N3OS. The van der Waals surface area contributed by atoms with Gasteiger partial charge in [0, 0.05) is 12.4 Å². The Morgan fingerprint density at radius 3 is 2.73 bits per heavy atom. The first-order chi connectivity index (χ1) is 5.34. The van der Waals surface area contributed by atoms with E-state index in [9.17, 15) is 4.79 Å². The molecule has 1 aromatic rings. The molecule has 0 N–H and O–H groups in total. The quantitative estimate of drug-likeness (QED) is 0.454. The number of nitrogens with zero attached hydrogens (tertiary/aromatic N) is 3. The molecule has 0 saturated heterocycles. The van der Waals surface area contributed by atoms with Gasteiger partial charge in [-0.25, -0.2) is 9.97 Å². The van der Waals surface area contributed by atoms with E-state index in [4.69, 9.17) is 0 Å². The summed E-state index contributed by atoms with van der Waals surface area (Å²) in [5.41, 5.74) is 0.310. The molecule has 0 saturated carbocycles. The van der Waals surface area contributed by atoms with Crippen molar-refractivity contribution in [2.45, 2.75) is 0 Å². The second kappa shape index (κ2) is 3.65. The number of hydrogen-bond donors (Lipinski definition) is 0. The molecule has 0 aliphatic rings. The van der Waals surface area contributed by atoms with E-state index in [1.165, 1.54) is 18.7 Å². The third kappa shape index (κ3) is 2.00. The zero-order chi connectivity index (χ0) is 8.10. The Balaban J connectivity index is 2.94. The highest BCUT2D eigenvalue weighted by molar-refractivity contribution is 7.78. The van der Waals surface area contributed by atoms with E-state index in [0.29, 0.717) is 5.56 Å². The predicted molar refractivity (Wildman–Crippen MR) is 41.4 cm³/mol. The number of amides is 1. The number of thiocarbonyl (C=S) groups is 1. The molecule has 54 valence electrons. The number of aromatic nitrogens is 2. The van der Waals surface area contributed by atoms with Gasteiger partial charge in [0.15, 0.2) is 0 Å². The molecule has 1 amide bonds. The summed E-state index contributed by atoms with van der Waals surface area (Å²) in [5.74, 6) is -0.472. The normalized spacial score (nSPS) is 8.36. The first-order valence-electron chi connectivity index (χ1n) is 2.72. The van der Waals surface area contributed by atoms with Gasteiger partial charge in [-0.1, -0.05) is 0 Å². The average molecular weight is 165 g/mol.